The Morgan fingerprint density at radius 1 is 1.15 bits per heavy atom. The van der Waals surface area contributed by atoms with Gasteiger partial charge in [0, 0.05) is 5.41 Å². The first-order valence-electron chi connectivity index (χ1n) is 7.65. The lowest BCUT2D eigenvalue weighted by atomic mass is 9.47. The first-order valence-corrected chi connectivity index (χ1v) is 7.65. The van der Waals surface area contributed by atoms with E-state index in [-0.39, 0.29) is 5.78 Å². The Kier molecular flexibility index (Phi) is 3.18. The van der Waals surface area contributed by atoms with Crippen LogP contribution in [-0.4, -0.2) is 24.5 Å². The minimum absolute atomic E-state index is 0.338. The maximum absolute atomic E-state index is 14.8. The van der Waals surface area contributed by atoms with Gasteiger partial charge in [-0.25, -0.2) is 4.39 Å². The molecule has 112 valence electrons. The number of rotatable bonds is 4. The molecule has 0 spiro atoms. The third-order valence-electron chi connectivity index (χ3n) is 5.70. The standard InChI is InChI=1S/C16H23FO3/c1-15(17,9-13(18)20-2)14(19)16-6-10-3-11(7-16)5-12(4-10)8-16/h10-12H,3-9H2,1-2H3. The van der Waals surface area contributed by atoms with Crippen LogP contribution in [0, 0.1) is 23.2 Å². The maximum Gasteiger partial charge on any atom is 0.309 e. The largest absolute Gasteiger partial charge is 0.469 e. The predicted octanol–water partition coefficient (Wildman–Crippen LogP) is 3.06. The first kappa shape index (κ1) is 14.0. The van der Waals surface area contributed by atoms with Crippen molar-refractivity contribution in [3.05, 3.63) is 0 Å². The predicted molar refractivity (Wildman–Crippen MR) is 71.8 cm³/mol. The van der Waals surface area contributed by atoms with Crippen molar-refractivity contribution in [1.29, 1.82) is 0 Å². The van der Waals surface area contributed by atoms with E-state index in [1.807, 2.05) is 0 Å². The van der Waals surface area contributed by atoms with Crippen LogP contribution in [0.5, 0.6) is 0 Å². The van der Waals surface area contributed by atoms with Gasteiger partial charge in [0.15, 0.2) is 11.5 Å². The van der Waals surface area contributed by atoms with E-state index in [9.17, 15) is 14.0 Å². The van der Waals surface area contributed by atoms with Crippen LogP contribution >= 0.6 is 0 Å². The quantitative estimate of drug-likeness (QED) is 0.744. The summed E-state index contributed by atoms with van der Waals surface area (Å²) in [7, 11) is 1.23. The molecular formula is C16H23FO3. The fourth-order valence-corrected chi connectivity index (χ4v) is 5.37. The number of carbonyl (C=O) groups is 2. The van der Waals surface area contributed by atoms with Crippen LogP contribution < -0.4 is 0 Å². The molecule has 0 radical (unpaired) electrons. The summed E-state index contributed by atoms with van der Waals surface area (Å²) in [6.45, 7) is 1.25. The fourth-order valence-electron chi connectivity index (χ4n) is 5.37. The number of alkyl halides is 1. The molecule has 4 bridgehead atoms. The van der Waals surface area contributed by atoms with Crippen molar-refractivity contribution < 1.29 is 18.7 Å². The summed E-state index contributed by atoms with van der Waals surface area (Å²) in [5.74, 6) is 0.806. The van der Waals surface area contributed by atoms with Crippen LogP contribution in [0.15, 0.2) is 0 Å². The number of Topliss-reactive ketones (excluding diaryl/α,β-unsaturated/α-hetero) is 1. The number of ether oxygens (including phenoxy) is 1. The average Bonchev–Trinajstić information content (AvgIpc) is 2.35. The van der Waals surface area contributed by atoms with Crippen LogP contribution in [0.1, 0.15) is 51.9 Å². The van der Waals surface area contributed by atoms with E-state index in [0.29, 0.717) is 17.8 Å². The minimum atomic E-state index is -2.08. The third kappa shape index (κ3) is 2.17. The normalized spacial score (nSPS) is 41.2. The molecule has 4 heteroatoms. The second-order valence-electron chi connectivity index (χ2n) is 7.48. The molecule has 0 N–H and O–H groups in total. The second kappa shape index (κ2) is 4.54. The van der Waals surface area contributed by atoms with Gasteiger partial charge in [0.05, 0.1) is 13.5 Å². The second-order valence-corrected chi connectivity index (χ2v) is 7.48. The number of hydrogen-bond acceptors (Lipinski definition) is 3. The molecule has 0 saturated heterocycles. The molecule has 0 aliphatic heterocycles. The van der Waals surface area contributed by atoms with Crippen molar-refractivity contribution >= 4 is 11.8 Å². The molecule has 4 aliphatic carbocycles. The minimum Gasteiger partial charge on any atom is -0.469 e. The Labute approximate surface area is 119 Å². The van der Waals surface area contributed by atoms with Crippen LogP contribution in [0.4, 0.5) is 4.39 Å². The van der Waals surface area contributed by atoms with Crippen molar-refractivity contribution in [2.45, 2.75) is 57.5 Å². The lowest BCUT2D eigenvalue weighted by molar-refractivity contribution is -0.160. The van der Waals surface area contributed by atoms with Crippen molar-refractivity contribution in [1.82, 2.24) is 0 Å². The smallest absolute Gasteiger partial charge is 0.309 e. The lowest BCUT2D eigenvalue weighted by Crippen LogP contribution is -2.55. The van der Waals surface area contributed by atoms with E-state index < -0.39 is 23.5 Å². The van der Waals surface area contributed by atoms with E-state index in [4.69, 9.17) is 0 Å². The molecule has 4 saturated carbocycles. The Morgan fingerprint density at radius 2 is 1.60 bits per heavy atom. The van der Waals surface area contributed by atoms with Gasteiger partial charge in [0.2, 0.25) is 0 Å². The zero-order valence-corrected chi connectivity index (χ0v) is 12.3. The van der Waals surface area contributed by atoms with Gasteiger partial charge < -0.3 is 4.74 Å². The molecular weight excluding hydrogens is 259 g/mol. The molecule has 4 aliphatic rings. The number of esters is 1. The molecule has 0 aromatic rings. The van der Waals surface area contributed by atoms with Crippen molar-refractivity contribution in [3.8, 4) is 0 Å². The van der Waals surface area contributed by atoms with Gasteiger partial charge in [0.25, 0.3) is 0 Å². The van der Waals surface area contributed by atoms with E-state index in [1.54, 1.807) is 0 Å². The van der Waals surface area contributed by atoms with Gasteiger partial charge in [-0.15, -0.1) is 0 Å². The summed E-state index contributed by atoms with van der Waals surface area (Å²) in [6.07, 6.45) is 5.69. The summed E-state index contributed by atoms with van der Waals surface area (Å²) in [5.41, 5.74) is -2.58. The SMILES string of the molecule is COC(=O)CC(C)(F)C(=O)C12CC3CC(CC(C3)C1)C2. The first-order chi connectivity index (χ1) is 9.34. The zero-order valence-electron chi connectivity index (χ0n) is 12.3. The highest BCUT2D eigenvalue weighted by atomic mass is 19.1. The van der Waals surface area contributed by atoms with E-state index in [2.05, 4.69) is 4.74 Å². The van der Waals surface area contributed by atoms with Crippen LogP contribution in [0.2, 0.25) is 0 Å². The van der Waals surface area contributed by atoms with Gasteiger partial charge >= 0.3 is 5.97 Å². The number of carbonyl (C=O) groups excluding carboxylic acids is 2. The van der Waals surface area contributed by atoms with Crippen LogP contribution in [-0.2, 0) is 14.3 Å². The highest BCUT2D eigenvalue weighted by Gasteiger charge is 2.58. The van der Waals surface area contributed by atoms with Crippen molar-refractivity contribution in [2.75, 3.05) is 7.11 Å². The summed E-state index contributed by atoms with van der Waals surface area (Å²) in [5, 5.41) is 0. The molecule has 3 nitrogen and oxygen atoms in total. The van der Waals surface area contributed by atoms with Gasteiger partial charge in [-0.05, 0) is 63.2 Å². The third-order valence-corrected chi connectivity index (χ3v) is 5.70. The molecule has 4 fully saturated rings. The molecule has 0 aromatic heterocycles. The highest BCUT2D eigenvalue weighted by molar-refractivity contribution is 5.95. The van der Waals surface area contributed by atoms with E-state index >= 15 is 0 Å². The molecule has 1 unspecified atom stereocenters. The summed E-state index contributed by atoms with van der Waals surface area (Å²) < 4.78 is 19.3. The molecule has 0 amide bonds. The highest BCUT2D eigenvalue weighted by Crippen LogP contribution is 2.61. The summed E-state index contributed by atoms with van der Waals surface area (Å²) in [4.78, 5) is 24.1. The molecule has 1 atom stereocenters. The summed E-state index contributed by atoms with van der Waals surface area (Å²) >= 11 is 0. The fraction of sp³-hybridized carbons (Fsp3) is 0.875. The molecule has 4 rings (SSSR count). The monoisotopic (exact) mass is 282 g/mol. The van der Waals surface area contributed by atoms with Gasteiger partial charge in [0.1, 0.15) is 0 Å². The van der Waals surface area contributed by atoms with E-state index in [0.717, 1.165) is 19.3 Å². The van der Waals surface area contributed by atoms with Gasteiger partial charge in [-0.3, -0.25) is 9.59 Å². The average molecular weight is 282 g/mol. The Bertz CT molecular complexity index is 406. The number of ketones is 1. The van der Waals surface area contributed by atoms with Crippen LogP contribution in [0.25, 0.3) is 0 Å². The maximum atomic E-state index is 14.8. The molecule has 0 heterocycles. The van der Waals surface area contributed by atoms with Crippen LogP contribution in [0.3, 0.4) is 0 Å². The Balaban J connectivity index is 1.81. The molecule has 20 heavy (non-hydrogen) atoms. The van der Waals surface area contributed by atoms with Crippen molar-refractivity contribution in [3.63, 3.8) is 0 Å². The van der Waals surface area contributed by atoms with Gasteiger partial charge in [-0.2, -0.15) is 0 Å². The number of halogens is 1. The summed E-state index contributed by atoms with van der Waals surface area (Å²) in [6, 6.07) is 0. The lowest BCUT2D eigenvalue weighted by Gasteiger charge is -2.56. The zero-order chi connectivity index (χ0) is 14.5. The van der Waals surface area contributed by atoms with Gasteiger partial charge in [-0.1, -0.05) is 0 Å². The molecule has 0 aromatic carbocycles. The Morgan fingerprint density at radius 3 is 2.00 bits per heavy atom. The topological polar surface area (TPSA) is 43.4 Å². The Hall–Kier alpha value is -0.930. The number of hydrogen-bond donors (Lipinski definition) is 0. The van der Waals surface area contributed by atoms with E-state index in [1.165, 1.54) is 33.3 Å². The number of methoxy groups -OCH3 is 1. The van der Waals surface area contributed by atoms with Crippen molar-refractivity contribution in [2.24, 2.45) is 23.2 Å².